The molecule has 0 fully saturated rings. The van der Waals surface area contributed by atoms with Crippen LogP contribution in [0.3, 0.4) is 0 Å². The van der Waals surface area contributed by atoms with Crippen molar-refractivity contribution in [3.8, 4) is 11.8 Å². The first kappa shape index (κ1) is 15.6. The number of hydrogen-bond donors (Lipinski definition) is 2. The van der Waals surface area contributed by atoms with Gasteiger partial charge in [0.05, 0.1) is 10.7 Å². The Balaban J connectivity index is 2.85. The molecule has 1 amide bonds. The second kappa shape index (κ2) is 7.83. The number of rotatable bonds is 4. The number of aliphatic hydroxyl groups is 1. The summed E-state index contributed by atoms with van der Waals surface area (Å²) in [6.07, 6.45) is 1.80. The quantitative estimate of drug-likeness (QED) is 0.832. The molecule has 19 heavy (non-hydrogen) atoms. The van der Waals surface area contributed by atoms with Gasteiger partial charge in [0.15, 0.2) is 0 Å². The lowest BCUT2D eigenvalue weighted by molar-refractivity contribution is -0.119. The fraction of sp³-hybridized carbons (Fsp3) is 0.400. The zero-order valence-electron chi connectivity index (χ0n) is 11.2. The van der Waals surface area contributed by atoms with Gasteiger partial charge in [-0.05, 0) is 24.6 Å². The highest BCUT2D eigenvalue weighted by molar-refractivity contribution is 6.33. The van der Waals surface area contributed by atoms with Crippen LogP contribution in [0.5, 0.6) is 0 Å². The van der Waals surface area contributed by atoms with E-state index in [-0.39, 0.29) is 18.4 Å². The van der Waals surface area contributed by atoms with Crippen LogP contribution in [0.4, 0.5) is 5.69 Å². The molecule has 0 aromatic heterocycles. The lowest BCUT2D eigenvalue weighted by atomic mass is 10.1. The van der Waals surface area contributed by atoms with Crippen LogP contribution in [0.15, 0.2) is 18.2 Å². The van der Waals surface area contributed by atoms with Gasteiger partial charge in [-0.25, -0.2) is 0 Å². The summed E-state index contributed by atoms with van der Waals surface area (Å²) >= 11 is 6.04. The molecule has 1 rings (SSSR count). The molecule has 2 N–H and O–H groups in total. The SMILES string of the molecule is CCCC(C)C(=O)Nc1cc(C#CCO)ccc1Cl. The van der Waals surface area contributed by atoms with E-state index in [1.165, 1.54) is 0 Å². The van der Waals surface area contributed by atoms with E-state index in [1.54, 1.807) is 18.2 Å². The topological polar surface area (TPSA) is 49.3 Å². The number of amides is 1. The number of carbonyl (C=O) groups is 1. The van der Waals surface area contributed by atoms with Crippen LogP contribution in [-0.2, 0) is 4.79 Å². The van der Waals surface area contributed by atoms with Crippen molar-refractivity contribution in [1.82, 2.24) is 0 Å². The molecule has 1 aromatic carbocycles. The van der Waals surface area contributed by atoms with Crippen molar-refractivity contribution in [1.29, 1.82) is 0 Å². The highest BCUT2D eigenvalue weighted by atomic mass is 35.5. The molecule has 0 heterocycles. The maximum atomic E-state index is 11.9. The Morgan fingerprint density at radius 2 is 2.26 bits per heavy atom. The predicted molar refractivity (Wildman–Crippen MR) is 78.1 cm³/mol. The van der Waals surface area contributed by atoms with E-state index >= 15 is 0 Å². The molecule has 1 atom stereocenters. The molecule has 0 spiro atoms. The van der Waals surface area contributed by atoms with E-state index in [1.807, 2.05) is 13.8 Å². The summed E-state index contributed by atoms with van der Waals surface area (Å²) in [5, 5.41) is 11.9. The Kier molecular flexibility index (Phi) is 6.41. The predicted octanol–water partition coefficient (Wildman–Crippen LogP) is 3.06. The smallest absolute Gasteiger partial charge is 0.227 e. The van der Waals surface area contributed by atoms with Crippen molar-refractivity contribution in [2.75, 3.05) is 11.9 Å². The number of nitrogens with one attached hydrogen (secondary N) is 1. The normalized spacial score (nSPS) is 11.4. The first-order valence-electron chi connectivity index (χ1n) is 6.28. The molecular weight excluding hydrogens is 262 g/mol. The number of aliphatic hydroxyl groups excluding tert-OH is 1. The van der Waals surface area contributed by atoms with Gasteiger partial charge in [0, 0.05) is 11.5 Å². The van der Waals surface area contributed by atoms with E-state index in [9.17, 15) is 4.79 Å². The van der Waals surface area contributed by atoms with Gasteiger partial charge >= 0.3 is 0 Å². The minimum absolute atomic E-state index is 0.0454. The molecule has 4 heteroatoms. The van der Waals surface area contributed by atoms with Gasteiger partial charge < -0.3 is 10.4 Å². The van der Waals surface area contributed by atoms with E-state index in [0.717, 1.165) is 12.8 Å². The van der Waals surface area contributed by atoms with Gasteiger partial charge in [-0.2, -0.15) is 0 Å². The molecule has 0 saturated heterocycles. The summed E-state index contributed by atoms with van der Waals surface area (Å²) < 4.78 is 0. The van der Waals surface area contributed by atoms with E-state index in [2.05, 4.69) is 17.2 Å². The average molecular weight is 280 g/mol. The van der Waals surface area contributed by atoms with Gasteiger partial charge in [-0.1, -0.05) is 43.7 Å². The lowest BCUT2D eigenvalue weighted by Crippen LogP contribution is -2.20. The summed E-state index contributed by atoms with van der Waals surface area (Å²) in [7, 11) is 0. The molecule has 0 aliphatic heterocycles. The average Bonchev–Trinajstić information content (AvgIpc) is 2.39. The minimum atomic E-state index is -0.197. The third kappa shape index (κ3) is 4.94. The van der Waals surface area contributed by atoms with Gasteiger partial charge in [0.25, 0.3) is 0 Å². The van der Waals surface area contributed by atoms with Crippen LogP contribution in [0.1, 0.15) is 32.3 Å². The van der Waals surface area contributed by atoms with E-state index < -0.39 is 0 Å². The van der Waals surface area contributed by atoms with Crippen molar-refractivity contribution >= 4 is 23.2 Å². The molecule has 0 radical (unpaired) electrons. The molecule has 102 valence electrons. The minimum Gasteiger partial charge on any atom is -0.384 e. The van der Waals surface area contributed by atoms with Crippen LogP contribution < -0.4 is 5.32 Å². The zero-order chi connectivity index (χ0) is 14.3. The fourth-order valence-electron chi connectivity index (χ4n) is 1.66. The molecule has 0 aliphatic carbocycles. The van der Waals surface area contributed by atoms with E-state index in [4.69, 9.17) is 16.7 Å². The monoisotopic (exact) mass is 279 g/mol. The summed E-state index contributed by atoms with van der Waals surface area (Å²) in [6, 6.07) is 5.14. The standard InChI is InChI=1S/C15H18ClNO2/c1-3-5-11(2)15(19)17-14-10-12(6-4-9-18)7-8-13(14)16/h7-8,10-11,18H,3,5,9H2,1-2H3,(H,17,19). The van der Waals surface area contributed by atoms with Crippen molar-refractivity contribution in [2.24, 2.45) is 5.92 Å². The fourth-order valence-corrected chi connectivity index (χ4v) is 1.83. The van der Waals surface area contributed by atoms with Gasteiger partial charge in [0.2, 0.25) is 5.91 Å². The first-order chi connectivity index (χ1) is 9.08. The Hall–Kier alpha value is -1.50. The van der Waals surface area contributed by atoms with Gasteiger partial charge in [-0.3, -0.25) is 4.79 Å². The lowest BCUT2D eigenvalue weighted by Gasteiger charge is -2.12. The highest BCUT2D eigenvalue weighted by Crippen LogP contribution is 2.23. The number of hydrogen-bond acceptors (Lipinski definition) is 2. The van der Waals surface area contributed by atoms with Crippen LogP contribution in [0.25, 0.3) is 0 Å². The Morgan fingerprint density at radius 1 is 1.53 bits per heavy atom. The Bertz CT molecular complexity index is 503. The summed E-state index contributed by atoms with van der Waals surface area (Å²) in [6.45, 7) is 3.74. The molecular formula is C15H18ClNO2. The van der Waals surface area contributed by atoms with E-state index in [0.29, 0.717) is 16.3 Å². The van der Waals surface area contributed by atoms with Crippen molar-refractivity contribution in [3.63, 3.8) is 0 Å². The Morgan fingerprint density at radius 3 is 2.89 bits per heavy atom. The maximum Gasteiger partial charge on any atom is 0.227 e. The second-order valence-electron chi connectivity index (χ2n) is 4.33. The van der Waals surface area contributed by atoms with Crippen molar-refractivity contribution in [2.45, 2.75) is 26.7 Å². The van der Waals surface area contributed by atoms with Crippen molar-refractivity contribution < 1.29 is 9.90 Å². The first-order valence-corrected chi connectivity index (χ1v) is 6.66. The summed E-state index contributed by atoms with van der Waals surface area (Å²) in [4.78, 5) is 11.9. The number of carbonyl (C=O) groups excluding carboxylic acids is 1. The molecule has 0 bridgehead atoms. The number of anilines is 1. The third-order valence-corrected chi connectivity index (χ3v) is 3.03. The van der Waals surface area contributed by atoms with Gasteiger partial charge in [0.1, 0.15) is 6.61 Å². The number of halogens is 1. The summed E-state index contributed by atoms with van der Waals surface area (Å²) in [5.41, 5.74) is 1.26. The molecule has 0 aliphatic rings. The second-order valence-corrected chi connectivity index (χ2v) is 4.74. The van der Waals surface area contributed by atoms with Crippen LogP contribution in [-0.4, -0.2) is 17.6 Å². The molecule has 1 aromatic rings. The molecule has 0 saturated carbocycles. The zero-order valence-corrected chi connectivity index (χ0v) is 11.9. The van der Waals surface area contributed by atoms with Crippen molar-refractivity contribution in [3.05, 3.63) is 28.8 Å². The maximum absolute atomic E-state index is 11.9. The largest absolute Gasteiger partial charge is 0.384 e. The van der Waals surface area contributed by atoms with Gasteiger partial charge in [-0.15, -0.1) is 0 Å². The number of benzene rings is 1. The van der Waals surface area contributed by atoms with Crippen LogP contribution >= 0.6 is 11.6 Å². The molecule has 1 unspecified atom stereocenters. The Labute approximate surface area is 119 Å². The highest BCUT2D eigenvalue weighted by Gasteiger charge is 2.13. The third-order valence-electron chi connectivity index (χ3n) is 2.71. The molecule has 3 nitrogen and oxygen atoms in total. The van der Waals surface area contributed by atoms with Crippen LogP contribution in [0.2, 0.25) is 5.02 Å². The van der Waals surface area contributed by atoms with Crippen LogP contribution in [0, 0.1) is 17.8 Å². The summed E-state index contributed by atoms with van der Waals surface area (Å²) in [5.74, 6) is 5.24.